The minimum Gasteiger partial charge on any atom is -0.325 e. The van der Waals surface area contributed by atoms with Gasteiger partial charge in [-0.2, -0.15) is 0 Å². The van der Waals surface area contributed by atoms with Crippen LogP contribution in [-0.4, -0.2) is 14.3 Å². The fourth-order valence-corrected chi connectivity index (χ4v) is 3.10. The maximum Gasteiger partial charge on any atom is 0.238 e. The van der Waals surface area contributed by atoms with Gasteiger partial charge >= 0.3 is 0 Å². The number of benzene rings is 1. The van der Waals surface area contributed by atoms with Crippen molar-refractivity contribution in [3.8, 4) is 0 Å². The number of hydrogen-bond acceptors (Lipinski definition) is 3. The van der Waals surface area contributed by atoms with Crippen LogP contribution in [0.15, 0.2) is 27.6 Å². The van der Waals surface area contributed by atoms with Crippen molar-refractivity contribution in [2.45, 2.75) is 30.6 Å². The SMILES string of the molecule is NS(=O)(=O)c1ccc(NC(=O)CC2CCC2)c(Br)c1. The normalized spacial score (nSPS) is 15.9. The molecule has 3 N–H and O–H groups in total. The molecule has 0 bridgehead atoms. The Morgan fingerprint density at radius 2 is 2.11 bits per heavy atom. The quantitative estimate of drug-likeness (QED) is 0.875. The number of sulfonamides is 1. The van der Waals surface area contributed by atoms with Crippen LogP contribution in [0.5, 0.6) is 0 Å². The first kappa shape index (κ1) is 14.5. The van der Waals surface area contributed by atoms with E-state index in [0.29, 0.717) is 22.5 Å². The van der Waals surface area contributed by atoms with E-state index < -0.39 is 10.0 Å². The van der Waals surface area contributed by atoms with Crippen molar-refractivity contribution in [1.29, 1.82) is 0 Å². The molecule has 7 heteroatoms. The number of nitrogens with two attached hydrogens (primary N) is 1. The number of hydrogen-bond donors (Lipinski definition) is 2. The molecule has 19 heavy (non-hydrogen) atoms. The Kier molecular flexibility index (Phi) is 4.27. The predicted octanol–water partition coefficient (Wildman–Crippen LogP) is 2.23. The van der Waals surface area contributed by atoms with E-state index in [2.05, 4.69) is 21.2 Å². The molecular formula is C12H15BrN2O3S. The monoisotopic (exact) mass is 346 g/mol. The number of halogens is 1. The summed E-state index contributed by atoms with van der Waals surface area (Å²) < 4.78 is 22.9. The van der Waals surface area contributed by atoms with Crippen LogP contribution < -0.4 is 10.5 Å². The average molecular weight is 347 g/mol. The summed E-state index contributed by atoms with van der Waals surface area (Å²) in [6, 6.07) is 4.29. The molecule has 0 heterocycles. The van der Waals surface area contributed by atoms with E-state index in [9.17, 15) is 13.2 Å². The van der Waals surface area contributed by atoms with Crippen LogP contribution in [0.2, 0.25) is 0 Å². The lowest BCUT2D eigenvalue weighted by Crippen LogP contribution is -2.21. The molecular weight excluding hydrogens is 332 g/mol. The van der Waals surface area contributed by atoms with E-state index in [1.807, 2.05) is 0 Å². The molecule has 0 radical (unpaired) electrons. The molecule has 0 spiro atoms. The van der Waals surface area contributed by atoms with Crippen molar-refractivity contribution < 1.29 is 13.2 Å². The zero-order valence-corrected chi connectivity index (χ0v) is 12.6. The first-order chi connectivity index (χ1) is 8.86. The predicted molar refractivity (Wildman–Crippen MR) is 76.1 cm³/mol. The van der Waals surface area contributed by atoms with Crippen LogP contribution >= 0.6 is 15.9 Å². The highest BCUT2D eigenvalue weighted by molar-refractivity contribution is 9.10. The zero-order chi connectivity index (χ0) is 14.0. The van der Waals surface area contributed by atoms with Gasteiger partial charge in [0, 0.05) is 10.9 Å². The molecule has 1 aliphatic rings. The van der Waals surface area contributed by atoms with Gasteiger partial charge in [0.25, 0.3) is 0 Å². The molecule has 2 rings (SSSR count). The molecule has 104 valence electrons. The lowest BCUT2D eigenvalue weighted by atomic mass is 9.83. The second-order valence-electron chi connectivity index (χ2n) is 4.74. The maximum atomic E-state index is 11.8. The van der Waals surface area contributed by atoms with Crippen molar-refractivity contribution in [2.24, 2.45) is 11.1 Å². The molecule has 1 aromatic rings. The highest BCUT2D eigenvalue weighted by atomic mass is 79.9. The van der Waals surface area contributed by atoms with E-state index in [0.717, 1.165) is 12.8 Å². The zero-order valence-electron chi connectivity index (χ0n) is 10.2. The maximum absolute atomic E-state index is 11.8. The molecule has 0 aromatic heterocycles. The highest BCUT2D eigenvalue weighted by Crippen LogP contribution is 2.30. The van der Waals surface area contributed by atoms with Gasteiger partial charge in [0.2, 0.25) is 15.9 Å². The van der Waals surface area contributed by atoms with E-state index >= 15 is 0 Å². The molecule has 0 saturated heterocycles. The summed E-state index contributed by atoms with van der Waals surface area (Å²) in [5.74, 6) is 0.441. The molecule has 5 nitrogen and oxygen atoms in total. The Hall–Kier alpha value is -0.920. The van der Waals surface area contributed by atoms with Crippen LogP contribution in [0.3, 0.4) is 0 Å². The van der Waals surface area contributed by atoms with Gasteiger partial charge in [-0.05, 0) is 52.9 Å². The molecule has 1 amide bonds. The summed E-state index contributed by atoms with van der Waals surface area (Å²) in [7, 11) is -3.73. The Morgan fingerprint density at radius 3 is 2.58 bits per heavy atom. The van der Waals surface area contributed by atoms with E-state index in [1.165, 1.54) is 24.6 Å². The Morgan fingerprint density at radius 1 is 1.42 bits per heavy atom. The third kappa shape index (κ3) is 3.77. The first-order valence-electron chi connectivity index (χ1n) is 5.98. The summed E-state index contributed by atoms with van der Waals surface area (Å²) in [6.07, 6.45) is 3.94. The van der Waals surface area contributed by atoms with Crippen molar-refractivity contribution >= 4 is 37.5 Å². The van der Waals surface area contributed by atoms with Crippen molar-refractivity contribution in [3.63, 3.8) is 0 Å². The summed E-state index contributed by atoms with van der Waals surface area (Å²) in [5.41, 5.74) is 0.553. The Bertz CT molecular complexity index is 597. The molecule has 1 fully saturated rings. The Labute approximate surface area is 120 Å². The van der Waals surface area contributed by atoms with Gasteiger partial charge in [-0.15, -0.1) is 0 Å². The average Bonchev–Trinajstić information content (AvgIpc) is 2.25. The van der Waals surface area contributed by atoms with Crippen molar-refractivity contribution in [1.82, 2.24) is 0 Å². The number of anilines is 1. The minimum absolute atomic E-state index is 0.0105. The topological polar surface area (TPSA) is 89.3 Å². The number of carbonyl (C=O) groups is 1. The molecule has 0 atom stereocenters. The summed E-state index contributed by atoms with van der Waals surface area (Å²) in [5, 5.41) is 7.80. The highest BCUT2D eigenvalue weighted by Gasteiger charge is 2.21. The first-order valence-corrected chi connectivity index (χ1v) is 8.32. The number of rotatable bonds is 4. The Balaban J connectivity index is 2.06. The number of carbonyl (C=O) groups excluding carboxylic acids is 1. The molecule has 0 unspecified atom stereocenters. The van der Waals surface area contributed by atoms with Gasteiger partial charge in [0.1, 0.15) is 0 Å². The van der Waals surface area contributed by atoms with Gasteiger partial charge in [0.05, 0.1) is 10.6 Å². The minimum atomic E-state index is -3.73. The van der Waals surface area contributed by atoms with Gasteiger partial charge in [-0.1, -0.05) is 6.42 Å². The van der Waals surface area contributed by atoms with Gasteiger partial charge in [-0.3, -0.25) is 4.79 Å². The van der Waals surface area contributed by atoms with E-state index in [4.69, 9.17) is 5.14 Å². The lowest BCUT2D eigenvalue weighted by molar-refractivity contribution is -0.117. The summed E-state index contributed by atoms with van der Waals surface area (Å²) >= 11 is 3.23. The molecule has 0 aliphatic heterocycles. The molecule has 1 aromatic carbocycles. The molecule has 1 aliphatic carbocycles. The summed E-state index contributed by atoms with van der Waals surface area (Å²) in [4.78, 5) is 11.8. The fraction of sp³-hybridized carbons (Fsp3) is 0.417. The van der Waals surface area contributed by atoms with Crippen LogP contribution in [0, 0.1) is 5.92 Å². The number of amides is 1. The third-order valence-electron chi connectivity index (χ3n) is 3.24. The molecule has 1 saturated carbocycles. The van der Waals surface area contributed by atoms with E-state index in [1.54, 1.807) is 0 Å². The van der Waals surface area contributed by atoms with Crippen LogP contribution in [0.4, 0.5) is 5.69 Å². The second kappa shape index (κ2) is 5.60. The smallest absolute Gasteiger partial charge is 0.238 e. The number of nitrogens with one attached hydrogen (secondary N) is 1. The second-order valence-corrected chi connectivity index (χ2v) is 7.15. The van der Waals surface area contributed by atoms with Gasteiger partial charge in [-0.25, -0.2) is 13.6 Å². The largest absolute Gasteiger partial charge is 0.325 e. The van der Waals surface area contributed by atoms with Gasteiger partial charge in [0.15, 0.2) is 0 Å². The van der Waals surface area contributed by atoms with Crippen LogP contribution in [-0.2, 0) is 14.8 Å². The van der Waals surface area contributed by atoms with Gasteiger partial charge < -0.3 is 5.32 Å². The van der Waals surface area contributed by atoms with E-state index in [-0.39, 0.29) is 10.8 Å². The summed E-state index contributed by atoms with van der Waals surface area (Å²) in [6.45, 7) is 0. The van der Waals surface area contributed by atoms with Crippen molar-refractivity contribution in [3.05, 3.63) is 22.7 Å². The third-order valence-corrected chi connectivity index (χ3v) is 4.81. The van der Waals surface area contributed by atoms with Crippen LogP contribution in [0.25, 0.3) is 0 Å². The van der Waals surface area contributed by atoms with Crippen LogP contribution in [0.1, 0.15) is 25.7 Å². The van der Waals surface area contributed by atoms with Crippen molar-refractivity contribution in [2.75, 3.05) is 5.32 Å². The number of primary sulfonamides is 1. The standard InChI is InChI=1S/C12H15BrN2O3S/c13-10-7-9(19(14,17)18)4-5-11(10)15-12(16)6-8-2-1-3-8/h4-5,7-8H,1-3,6H2,(H,15,16)(H2,14,17,18). The lowest BCUT2D eigenvalue weighted by Gasteiger charge is -2.24. The fourth-order valence-electron chi connectivity index (χ4n) is 1.93.